The van der Waals surface area contributed by atoms with Crippen molar-refractivity contribution in [2.75, 3.05) is 37.9 Å². The number of nitrogens with zero attached hydrogens (tertiary/aromatic N) is 2. The molecule has 2 aromatic rings. The minimum Gasteiger partial charge on any atom is -0.294 e. The van der Waals surface area contributed by atoms with E-state index in [2.05, 4.69) is 84.3 Å². The summed E-state index contributed by atoms with van der Waals surface area (Å²) in [5, 5.41) is 0. The highest BCUT2D eigenvalue weighted by molar-refractivity contribution is 7.99. The van der Waals surface area contributed by atoms with Crippen molar-refractivity contribution in [1.29, 1.82) is 0 Å². The Bertz CT molecular complexity index is 511. The van der Waals surface area contributed by atoms with Gasteiger partial charge in [0.2, 0.25) is 0 Å². The molecule has 0 spiro atoms. The molecule has 0 N–H and O–H groups in total. The normalized spacial score (nSPS) is 11.4. The lowest BCUT2D eigenvalue weighted by molar-refractivity contribution is 0.281. The van der Waals surface area contributed by atoms with Gasteiger partial charge in [-0.3, -0.25) is 9.80 Å². The van der Waals surface area contributed by atoms with E-state index in [1.807, 2.05) is 23.5 Å². The fourth-order valence-corrected chi connectivity index (χ4v) is 4.50. The Morgan fingerprint density at radius 1 is 0.640 bits per heavy atom. The van der Waals surface area contributed by atoms with E-state index in [1.54, 1.807) is 0 Å². The van der Waals surface area contributed by atoms with Crippen LogP contribution in [-0.4, -0.2) is 47.7 Å². The highest BCUT2D eigenvalue weighted by Crippen LogP contribution is 2.19. The van der Waals surface area contributed by atoms with Crippen LogP contribution >= 0.6 is 23.5 Å². The first-order chi connectivity index (χ1) is 12.3. The lowest BCUT2D eigenvalue weighted by Crippen LogP contribution is -2.29. The highest BCUT2D eigenvalue weighted by atomic mass is 32.2. The van der Waals surface area contributed by atoms with Crippen LogP contribution in [0.4, 0.5) is 0 Å². The molecule has 0 fully saturated rings. The van der Waals surface area contributed by atoms with Gasteiger partial charge in [-0.2, -0.15) is 0 Å². The molecule has 0 radical (unpaired) electrons. The third-order valence-electron chi connectivity index (χ3n) is 4.16. The Morgan fingerprint density at radius 2 is 1.04 bits per heavy atom. The lowest BCUT2D eigenvalue weighted by Gasteiger charge is -2.23. The van der Waals surface area contributed by atoms with Gasteiger partial charge in [-0.25, -0.2) is 0 Å². The maximum absolute atomic E-state index is 2.54. The molecule has 2 nitrogen and oxygen atoms in total. The summed E-state index contributed by atoms with van der Waals surface area (Å²) in [6.07, 6.45) is 1.23. The third-order valence-corrected chi connectivity index (χ3v) is 6.36. The van der Waals surface area contributed by atoms with Gasteiger partial charge in [-0.1, -0.05) is 50.2 Å². The predicted molar refractivity (Wildman–Crippen MR) is 113 cm³/mol. The fraction of sp³-hybridized carbons (Fsp3) is 0.429. The molecule has 0 saturated carbocycles. The quantitative estimate of drug-likeness (QED) is 0.356. The van der Waals surface area contributed by atoms with E-state index in [1.165, 1.54) is 29.3 Å². The largest absolute Gasteiger partial charge is 0.294 e. The van der Waals surface area contributed by atoms with Gasteiger partial charge in [-0.15, -0.1) is 23.5 Å². The molecule has 2 aromatic carbocycles. The summed E-state index contributed by atoms with van der Waals surface area (Å²) in [5.41, 5.74) is 0. The third kappa shape index (κ3) is 8.32. The van der Waals surface area contributed by atoms with Crippen LogP contribution in [0.15, 0.2) is 70.5 Å². The second-order valence-corrected chi connectivity index (χ2v) is 7.98. The molecule has 0 aliphatic heterocycles. The Hall–Kier alpha value is -0.940. The first kappa shape index (κ1) is 20.4. The average Bonchev–Trinajstić information content (AvgIpc) is 2.68. The minimum absolute atomic E-state index is 1.07. The van der Waals surface area contributed by atoms with E-state index in [0.717, 1.165) is 24.8 Å². The van der Waals surface area contributed by atoms with Crippen molar-refractivity contribution in [3.8, 4) is 0 Å². The molecule has 0 atom stereocenters. The van der Waals surface area contributed by atoms with Crippen LogP contribution in [0.1, 0.15) is 20.3 Å². The van der Waals surface area contributed by atoms with Crippen LogP contribution in [0.25, 0.3) is 0 Å². The van der Waals surface area contributed by atoms with E-state index in [9.17, 15) is 0 Å². The number of rotatable bonds is 12. The van der Waals surface area contributed by atoms with Gasteiger partial charge in [0, 0.05) is 34.6 Å². The second kappa shape index (κ2) is 12.4. The smallest absolute Gasteiger partial charge is 0.0491 e. The first-order valence-corrected chi connectivity index (χ1v) is 11.1. The van der Waals surface area contributed by atoms with Gasteiger partial charge >= 0.3 is 0 Å². The van der Waals surface area contributed by atoms with Gasteiger partial charge in [0.1, 0.15) is 0 Å². The summed E-state index contributed by atoms with van der Waals surface area (Å²) >= 11 is 3.87. The summed E-state index contributed by atoms with van der Waals surface area (Å²) in [4.78, 5) is 7.79. The van der Waals surface area contributed by atoms with E-state index in [0.29, 0.717) is 0 Å². The minimum atomic E-state index is 1.07. The zero-order valence-corrected chi connectivity index (χ0v) is 17.1. The predicted octanol–water partition coefficient (Wildman–Crippen LogP) is 5.52. The van der Waals surface area contributed by atoms with Gasteiger partial charge < -0.3 is 0 Å². The lowest BCUT2D eigenvalue weighted by atomic mass is 10.3. The standard InChI is InChI=1S/C21H30N2S2/c1-3-22(18-24-20-12-7-5-8-13-20)16-11-17-23(4-2)19-25-21-14-9-6-10-15-21/h5-10,12-15H,3-4,11,16-19H2,1-2H3. The van der Waals surface area contributed by atoms with Gasteiger partial charge in [0.05, 0.1) is 0 Å². The van der Waals surface area contributed by atoms with Crippen LogP contribution in [0, 0.1) is 0 Å². The number of hydrogen-bond donors (Lipinski definition) is 0. The summed E-state index contributed by atoms with van der Waals surface area (Å²) in [6.45, 7) is 9.09. The Morgan fingerprint density at radius 3 is 1.40 bits per heavy atom. The molecule has 0 saturated heterocycles. The van der Waals surface area contributed by atoms with Crippen LogP contribution in [-0.2, 0) is 0 Å². The zero-order valence-electron chi connectivity index (χ0n) is 15.4. The topological polar surface area (TPSA) is 6.48 Å². The van der Waals surface area contributed by atoms with Crippen LogP contribution in [0.3, 0.4) is 0 Å². The molecule has 0 aromatic heterocycles. The van der Waals surface area contributed by atoms with Gasteiger partial charge in [0.15, 0.2) is 0 Å². The van der Waals surface area contributed by atoms with Crippen molar-refractivity contribution < 1.29 is 0 Å². The maximum atomic E-state index is 2.54. The molecule has 0 bridgehead atoms. The number of hydrogen-bond acceptors (Lipinski definition) is 4. The molecule has 0 amide bonds. The molecule has 2 rings (SSSR count). The number of benzene rings is 2. The van der Waals surface area contributed by atoms with Crippen LogP contribution < -0.4 is 0 Å². The summed E-state index contributed by atoms with van der Waals surface area (Å²) in [6, 6.07) is 21.4. The van der Waals surface area contributed by atoms with Gasteiger partial charge in [0.25, 0.3) is 0 Å². The summed E-state index contributed by atoms with van der Waals surface area (Å²) in [7, 11) is 0. The monoisotopic (exact) mass is 374 g/mol. The Labute approximate surface area is 162 Å². The molecule has 4 heteroatoms. The van der Waals surface area contributed by atoms with Crippen LogP contribution in [0.2, 0.25) is 0 Å². The van der Waals surface area contributed by atoms with Gasteiger partial charge in [-0.05, 0) is 43.8 Å². The van der Waals surface area contributed by atoms with E-state index in [-0.39, 0.29) is 0 Å². The Kier molecular flexibility index (Phi) is 10.1. The van der Waals surface area contributed by atoms with Crippen molar-refractivity contribution >= 4 is 23.5 Å². The molecule has 0 heterocycles. The van der Waals surface area contributed by atoms with Crippen molar-refractivity contribution in [3.05, 3.63) is 60.7 Å². The zero-order chi connectivity index (χ0) is 17.7. The fourth-order valence-electron chi connectivity index (χ4n) is 2.51. The Balaban J connectivity index is 1.65. The molecule has 0 aliphatic rings. The SMILES string of the molecule is CCN(CCCN(CC)CSc1ccccc1)CSc1ccccc1. The molecule has 0 unspecified atom stereocenters. The molecule has 0 aliphatic carbocycles. The van der Waals surface area contributed by atoms with Crippen molar-refractivity contribution in [3.63, 3.8) is 0 Å². The maximum Gasteiger partial charge on any atom is 0.0491 e. The molecular weight excluding hydrogens is 344 g/mol. The van der Waals surface area contributed by atoms with Crippen LogP contribution in [0.5, 0.6) is 0 Å². The van der Waals surface area contributed by atoms with Crippen molar-refractivity contribution in [2.45, 2.75) is 30.1 Å². The van der Waals surface area contributed by atoms with E-state index >= 15 is 0 Å². The van der Waals surface area contributed by atoms with E-state index < -0.39 is 0 Å². The summed E-state index contributed by atoms with van der Waals surface area (Å²) in [5.74, 6) is 2.15. The van der Waals surface area contributed by atoms with Crippen molar-refractivity contribution in [1.82, 2.24) is 9.80 Å². The molecule has 25 heavy (non-hydrogen) atoms. The first-order valence-electron chi connectivity index (χ1n) is 9.12. The average molecular weight is 375 g/mol. The van der Waals surface area contributed by atoms with E-state index in [4.69, 9.17) is 0 Å². The second-order valence-electron chi connectivity index (χ2n) is 5.95. The molecule has 136 valence electrons. The molecular formula is C21H30N2S2. The number of thioether (sulfide) groups is 2. The highest BCUT2D eigenvalue weighted by Gasteiger charge is 2.07. The van der Waals surface area contributed by atoms with Crippen molar-refractivity contribution in [2.24, 2.45) is 0 Å². The summed E-state index contributed by atoms with van der Waals surface area (Å²) < 4.78 is 0.